The number of rotatable bonds is 5. The van der Waals surface area contributed by atoms with Crippen LogP contribution in [0.15, 0.2) is 71.1 Å². The Morgan fingerprint density at radius 1 is 1.03 bits per heavy atom. The van der Waals surface area contributed by atoms with Gasteiger partial charge >= 0.3 is 0 Å². The lowest BCUT2D eigenvalue weighted by atomic mass is 10.0. The highest BCUT2D eigenvalue weighted by Crippen LogP contribution is 2.27. The van der Waals surface area contributed by atoms with Crippen molar-refractivity contribution in [2.75, 3.05) is 5.32 Å². The lowest BCUT2D eigenvalue weighted by Crippen LogP contribution is -2.14. The predicted octanol–water partition coefficient (Wildman–Crippen LogP) is 6.45. The van der Waals surface area contributed by atoms with Crippen LogP contribution in [0.5, 0.6) is 0 Å². The molecule has 4 aromatic rings. The molecule has 5 heteroatoms. The molecule has 0 radical (unpaired) electrons. The standard InChI is InChI=1S/C24H21ClN2O2/c1-15(2)17-5-7-18(8-6-17)24-27-21-14-20(11-12-22(21)29-24)26-23(28)13-16-3-9-19(25)10-4-16/h3-12,14-15H,13H2,1-2H3,(H,26,28). The zero-order valence-corrected chi connectivity index (χ0v) is 17.0. The number of benzene rings is 3. The lowest BCUT2D eigenvalue weighted by Gasteiger charge is -2.05. The van der Waals surface area contributed by atoms with Gasteiger partial charge in [0, 0.05) is 16.3 Å². The molecule has 3 aromatic carbocycles. The molecule has 1 heterocycles. The Hall–Kier alpha value is -3.11. The third kappa shape index (κ3) is 4.49. The average molecular weight is 405 g/mol. The number of nitrogens with one attached hydrogen (secondary N) is 1. The predicted molar refractivity (Wildman–Crippen MR) is 117 cm³/mol. The molecule has 4 rings (SSSR count). The minimum Gasteiger partial charge on any atom is -0.436 e. The van der Waals surface area contributed by atoms with Crippen LogP contribution in [0.25, 0.3) is 22.6 Å². The summed E-state index contributed by atoms with van der Waals surface area (Å²) in [5.74, 6) is 0.950. The molecule has 1 aromatic heterocycles. The number of halogens is 1. The maximum atomic E-state index is 12.3. The SMILES string of the molecule is CC(C)c1ccc(-c2nc3cc(NC(=O)Cc4ccc(Cl)cc4)ccc3o2)cc1. The Morgan fingerprint density at radius 3 is 2.45 bits per heavy atom. The van der Waals surface area contributed by atoms with Crippen LogP contribution in [0.3, 0.4) is 0 Å². The minimum absolute atomic E-state index is 0.0975. The molecule has 0 aliphatic rings. The van der Waals surface area contributed by atoms with E-state index in [4.69, 9.17) is 16.0 Å². The number of fused-ring (bicyclic) bond motifs is 1. The number of hydrogen-bond acceptors (Lipinski definition) is 3. The fourth-order valence-corrected chi connectivity index (χ4v) is 3.26. The Morgan fingerprint density at radius 2 is 1.76 bits per heavy atom. The van der Waals surface area contributed by atoms with Crippen LogP contribution >= 0.6 is 11.6 Å². The van der Waals surface area contributed by atoms with Crippen LogP contribution in [0, 0.1) is 0 Å². The van der Waals surface area contributed by atoms with Crippen LogP contribution in [0.1, 0.15) is 30.9 Å². The van der Waals surface area contributed by atoms with Crippen molar-refractivity contribution in [3.8, 4) is 11.5 Å². The minimum atomic E-state index is -0.0975. The molecule has 0 aliphatic carbocycles. The number of oxazole rings is 1. The van der Waals surface area contributed by atoms with E-state index in [1.165, 1.54) is 5.56 Å². The lowest BCUT2D eigenvalue weighted by molar-refractivity contribution is -0.115. The molecule has 0 fully saturated rings. The second kappa shape index (κ2) is 8.10. The van der Waals surface area contributed by atoms with Crippen molar-refractivity contribution in [3.63, 3.8) is 0 Å². The Kier molecular flexibility index (Phi) is 5.36. The highest BCUT2D eigenvalue weighted by atomic mass is 35.5. The van der Waals surface area contributed by atoms with Crippen molar-refractivity contribution < 1.29 is 9.21 Å². The molecule has 0 aliphatic heterocycles. The number of nitrogens with zero attached hydrogens (tertiary/aromatic N) is 1. The monoisotopic (exact) mass is 404 g/mol. The smallest absolute Gasteiger partial charge is 0.228 e. The van der Waals surface area contributed by atoms with Crippen molar-refractivity contribution in [1.82, 2.24) is 4.98 Å². The summed E-state index contributed by atoms with van der Waals surface area (Å²) in [5, 5.41) is 3.57. The van der Waals surface area contributed by atoms with Gasteiger partial charge in [-0.2, -0.15) is 0 Å². The van der Waals surface area contributed by atoms with Crippen LogP contribution in [-0.4, -0.2) is 10.9 Å². The number of carbonyl (C=O) groups excluding carboxylic acids is 1. The fourth-order valence-electron chi connectivity index (χ4n) is 3.13. The van der Waals surface area contributed by atoms with E-state index in [2.05, 4.69) is 36.3 Å². The largest absolute Gasteiger partial charge is 0.436 e. The quantitative estimate of drug-likeness (QED) is 0.415. The van der Waals surface area contributed by atoms with Gasteiger partial charge in [-0.1, -0.05) is 49.7 Å². The number of amides is 1. The highest BCUT2D eigenvalue weighted by Gasteiger charge is 2.11. The third-order valence-electron chi connectivity index (χ3n) is 4.77. The Labute approximate surface area is 174 Å². The molecule has 0 bridgehead atoms. The summed E-state index contributed by atoms with van der Waals surface area (Å²) in [6.07, 6.45) is 0.279. The van der Waals surface area contributed by atoms with Crippen LogP contribution in [0.4, 0.5) is 5.69 Å². The van der Waals surface area contributed by atoms with Gasteiger partial charge in [-0.25, -0.2) is 4.98 Å². The van der Waals surface area contributed by atoms with E-state index in [0.717, 1.165) is 11.1 Å². The first kappa shape index (κ1) is 19.2. The number of carbonyl (C=O) groups is 1. The first-order chi connectivity index (χ1) is 14.0. The molecule has 0 saturated carbocycles. The molecule has 0 saturated heterocycles. The zero-order chi connectivity index (χ0) is 20.4. The van der Waals surface area contributed by atoms with E-state index in [-0.39, 0.29) is 12.3 Å². The van der Waals surface area contributed by atoms with Gasteiger partial charge in [0.05, 0.1) is 6.42 Å². The Bertz CT molecular complexity index is 1150. The van der Waals surface area contributed by atoms with Crippen LogP contribution in [-0.2, 0) is 11.2 Å². The second-order valence-electron chi connectivity index (χ2n) is 7.33. The highest BCUT2D eigenvalue weighted by molar-refractivity contribution is 6.30. The summed E-state index contributed by atoms with van der Waals surface area (Å²) in [6.45, 7) is 4.33. The van der Waals surface area contributed by atoms with E-state index < -0.39 is 0 Å². The average Bonchev–Trinajstić information content (AvgIpc) is 3.13. The summed E-state index contributed by atoms with van der Waals surface area (Å²) < 4.78 is 5.88. The molecule has 4 nitrogen and oxygen atoms in total. The van der Waals surface area contributed by atoms with Gasteiger partial charge in [-0.15, -0.1) is 0 Å². The van der Waals surface area contributed by atoms with Crippen molar-refractivity contribution in [1.29, 1.82) is 0 Å². The van der Waals surface area contributed by atoms with Crippen molar-refractivity contribution in [2.45, 2.75) is 26.2 Å². The van der Waals surface area contributed by atoms with Gasteiger partial charge in [-0.05, 0) is 59.5 Å². The molecule has 0 unspecified atom stereocenters. The summed E-state index contributed by atoms with van der Waals surface area (Å²) in [6, 6.07) is 21.0. The summed E-state index contributed by atoms with van der Waals surface area (Å²) in [5.41, 5.74) is 5.18. The van der Waals surface area contributed by atoms with E-state index in [9.17, 15) is 4.79 Å². The number of anilines is 1. The fraction of sp³-hybridized carbons (Fsp3) is 0.167. The van der Waals surface area contributed by atoms with Gasteiger partial charge < -0.3 is 9.73 Å². The topological polar surface area (TPSA) is 55.1 Å². The second-order valence-corrected chi connectivity index (χ2v) is 7.77. The van der Waals surface area contributed by atoms with Crippen molar-refractivity contribution in [3.05, 3.63) is 82.9 Å². The maximum Gasteiger partial charge on any atom is 0.228 e. The molecule has 146 valence electrons. The number of hydrogen-bond donors (Lipinski definition) is 1. The van der Waals surface area contributed by atoms with E-state index in [0.29, 0.717) is 33.6 Å². The van der Waals surface area contributed by atoms with Crippen LogP contribution < -0.4 is 5.32 Å². The van der Waals surface area contributed by atoms with Crippen LogP contribution in [0.2, 0.25) is 5.02 Å². The number of aromatic nitrogens is 1. The molecular weight excluding hydrogens is 384 g/mol. The molecule has 1 amide bonds. The maximum absolute atomic E-state index is 12.3. The zero-order valence-electron chi connectivity index (χ0n) is 16.3. The van der Waals surface area contributed by atoms with Gasteiger partial charge in [0.15, 0.2) is 5.58 Å². The van der Waals surface area contributed by atoms with E-state index >= 15 is 0 Å². The van der Waals surface area contributed by atoms with Gasteiger partial charge in [0.25, 0.3) is 0 Å². The normalized spacial score (nSPS) is 11.2. The third-order valence-corrected chi connectivity index (χ3v) is 5.03. The molecule has 0 spiro atoms. The van der Waals surface area contributed by atoms with Crippen molar-refractivity contribution >= 4 is 34.3 Å². The van der Waals surface area contributed by atoms with E-state index in [1.54, 1.807) is 12.1 Å². The van der Waals surface area contributed by atoms with Gasteiger partial charge in [0.2, 0.25) is 11.8 Å². The van der Waals surface area contributed by atoms with E-state index in [1.807, 2.05) is 42.5 Å². The summed E-state index contributed by atoms with van der Waals surface area (Å²) >= 11 is 5.88. The van der Waals surface area contributed by atoms with Gasteiger partial charge in [-0.3, -0.25) is 4.79 Å². The molecular formula is C24H21ClN2O2. The molecule has 29 heavy (non-hydrogen) atoms. The first-order valence-electron chi connectivity index (χ1n) is 9.53. The first-order valence-corrected chi connectivity index (χ1v) is 9.91. The summed E-state index contributed by atoms with van der Waals surface area (Å²) in [7, 11) is 0. The van der Waals surface area contributed by atoms with Gasteiger partial charge in [0.1, 0.15) is 5.52 Å². The summed E-state index contributed by atoms with van der Waals surface area (Å²) in [4.78, 5) is 16.9. The molecule has 0 atom stereocenters. The van der Waals surface area contributed by atoms with Crippen molar-refractivity contribution in [2.24, 2.45) is 0 Å². The Balaban J connectivity index is 1.50. The molecule has 1 N–H and O–H groups in total.